The number of benzene rings is 1. The van der Waals surface area contributed by atoms with Crippen molar-refractivity contribution in [1.29, 1.82) is 0 Å². The van der Waals surface area contributed by atoms with Gasteiger partial charge in [-0.3, -0.25) is 4.79 Å². The van der Waals surface area contributed by atoms with Crippen LogP contribution in [0.5, 0.6) is 11.5 Å². The number of hydrogen-bond acceptors (Lipinski definition) is 6. The van der Waals surface area contributed by atoms with Gasteiger partial charge in [-0.05, 0) is 11.4 Å². The molecule has 2 aromatic heterocycles. The van der Waals surface area contributed by atoms with Crippen molar-refractivity contribution < 1.29 is 27.4 Å². The highest BCUT2D eigenvalue weighted by Gasteiger charge is 2.47. The summed E-state index contributed by atoms with van der Waals surface area (Å²) in [6.45, 7) is 0. The third-order valence-electron chi connectivity index (χ3n) is 5.09. The Hall–Kier alpha value is -2.92. The van der Waals surface area contributed by atoms with Crippen LogP contribution in [0.25, 0.3) is 0 Å². The quantitative estimate of drug-likeness (QED) is 0.496. The summed E-state index contributed by atoms with van der Waals surface area (Å²) >= 11 is 7.43. The zero-order valence-electron chi connectivity index (χ0n) is 16.9. The summed E-state index contributed by atoms with van der Waals surface area (Å²) in [5, 5.41) is 11.6. The summed E-state index contributed by atoms with van der Waals surface area (Å²) in [7, 11) is 2.82. The third-order valence-corrected chi connectivity index (χ3v) is 6.37. The van der Waals surface area contributed by atoms with Crippen molar-refractivity contribution in [3.63, 3.8) is 0 Å². The summed E-state index contributed by atoms with van der Waals surface area (Å²) in [4.78, 5) is 13.8. The van der Waals surface area contributed by atoms with E-state index in [1.165, 1.54) is 37.7 Å². The Morgan fingerprint density at radius 2 is 2.06 bits per heavy atom. The molecule has 2 N–H and O–H groups in total. The molecule has 32 heavy (non-hydrogen) atoms. The van der Waals surface area contributed by atoms with Crippen molar-refractivity contribution in [3.8, 4) is 11.5 Å². The number of nitrogens with zero attached hydrogens (tertiary/aromatic N) is 2. The first-order chi connectivity index (χ1) is 15.2. The number of nitrogens with one attached hydrogen (secondary N) is 2. The molecule has 12 heteroatoms. The van der Waals surface area contributed by atoms with Gasteiger partial charge in [-0.1, -0.05) is 17.7 Å². The number of anilines is 2. The number of amides is 1. The second-order valence-corrected chi connectivity index (χ2v) is 8.38. The molecule has 7 nitrogen and oxygen atoms in total. The molecule has 4 rings (SSSR count). The van der Waals surface area contributed by atoms with E-state index in [0.29, 0.717) is 5.75 Å². The molecule has 1 amide bonds. The van der Waals surface area contributed by atoms with Crippen molar-refractivity contribution in [2.45, 2.75) is 24.7 Å². The highest BCUT2D eigenvalue weighted by atomic mass is 35.5. The van der Waals surface area contributed by atoms with Gasteiger partial charge in [-0.2, -0.15) is 18.3 Å². The number of hydrogen-bond donors (Lipinski definition) is 2. The van der Waals surface area contributed by atoms with Crippen LogP contribution in [0.15, 0.2) is 35.8 Å². The van der Waals surface area contributed by atoms with Crippen molar-refractivity contribution in [1.82, 2.24) is 9.78 Å². The summed E-state index contributed by atoms with van der Waals surface area (Å²) < 4.78 is 52.6. The zero-order valence-corrected chi connectivity index (χ0v) is 18.4. The van der Waals surface area contributed by atoms with Crippen molar-refractivity contribution >= 4 is 40.4 Å². The molecule has 0 aliphatic carbocycles. The molecule has 3 aromatic rings. The van der Waals surface area contributed by atoms with E-state index in [1.807, 2.05) is 0 Å². The smallest absolute Gasteiger partial charge is 0.410 e. The first-order valence-electron chi connectivity index (χ1n) is 9.40. The van der Waals surface area contributed by atoms with Gasteiger partial charge in [0.2, 0.25) is 0 Å². The topological polar surface area (TPSA) is 77.4 Å². The number of ether oxygens (including phenoxy) is 2. The number of aromatic nitrogens is 2. The first kappa shape index (κ1) is 22.3. The monoisotopic (exact) mass is 486 g/mol. The van der Waals surface area contributed by atoms with Gasteiger partial charge in [0.05, 0.1) is 37.2 Å². The van der Waals surface area contributed by atoms with Crippen molar-refractivity contribution in [2.24, 2.45) is 0 Å². The van der Waals surface area contributed by atoms with E-state index in [4.69, 9.17) is 21.1 Å². The van der Waals surface area contributed by atoms with Crippen molar-refractivity contribution in [3.05, 3.63) is 51.3 Å². The largest absolute Gasteiger partial charge is 0.495 e. The Labute approximate surface area is 190 Å². The van der Waals surface area contributed by atoms with E-state index in [1.54, 1.807) is 17.5 Å². The molecular formula is C20H18ClF3N4O3S. The molecule has 3 heterocycles. The van der Waals surface area contributed by atoms with Gasteiger partial charge in [-0.15, -0.1) is 11.3 Å². The molecule has 1 aliphatic heterocycles. The highest BCUT2D eigenvalue weighted by Crippen LogP contribution is 2.45. The lowest BCUT2D eigenvalue weighted by Gasteiger charge is -2.33. The molecular weight excluding hydrogens is 469 g/mol. The molecule has 0 bridgehead atoms. The van der Waals surface area contributed by atoms with E-state index >= 15 is 0 Å². The molecule has 0 saturated heterocycles. The second-order valence-electron chi connectivity index (χ2n) is 7.00. The van der Waals surface area contributed by atoms with Gasteiger partial charge in [0, 0.05) is 23.4 Å². The van der Waals surface area contributed by atoms with Crippen molar-refractivity contribution in [2.75, 3.05) is 24.9 Å². The summed E-state index contributed by atoms with van der Waals surface area (Å²) in [5.74, 6) is -0.0980. The molecule has 2 atom stereocenters. The van der Waals surface area contributed by atoms with Gasteiger partial charge >= 0.3 is 6.18 Å². The molecule has 1 aromatic carbocycles. The number of carbonyl (C=O) groups is 1. The number of halogens is 4. The van der Waals surface area contributed by atoms with Crippen LogP contribution < -0.4 is 20.1 Å². The Morgan fingerprint density at radius 1 is 1.31 bits per heavy atom. The normalized spacial score (nSPS) is 17.9. The lowest BCUT2D eigenvalue weighted by molar-refractivity contribution is -0.173. The molecule has 1 aliphatic rings. The van der Waals surface area contributed by atoms with Gasteiger partial charge in [0.1, 0.15) is 22.9 Å². The molecule has 170 valence electrons. The van der Waals surface area contributed by atoms with Crippen LogP contribution in [-0.2, 0) is 0 Å². The lowest BCUT2D eigenvalue weighted by atomic mass is 10.0. The number of carbonyl (C=O) groups excluding carboxylic acids is 1. The number of thiophene rings is 1. The maximum Gasteiger partial charge on any atom is 0.410 e. The van der Waals surface area contributed by atoms with Crippen LogP contribution >= 0.6 is 22.9 Å². The minimum Gasteiger partial charge on any atom is -0.495 e. The van der Waals surface area contributed by atoms with E-state index in [0.717, 1.165) is 15.8 Å². The summed E-state index contributed by atoms with van der Waals surface area (Å²) in [6, 6.07) is 3.99. The van der Waals surface area contributed by atoms with Crippen LogP contribution in [0, 0.1) is 0 Å². The fourth-order valence-corrected chi connectivity index (χ4v) is 4.57. The average molecular weight is 487 g/mol. The molecule has 0 radical (unpaired) electrons. The summed E-state index contributed by atoms with van der Waals surface area (Å²) in [5.41, 5.74) is 0.216. The Kier molecular flexibility index (Phi) is 5.95. The fraction of sp³-hybridized carbons (Fsp3) is 0.300. The number of fused-ring (bicyclic) bond motifs is 1. The Bertz CT molecular complexity index is 1130. The summed E-state index contributed by atoms with van der Waals surface area (Å²) in [6.07, 6.45) is -3.65. The molecule has 0 fully saturated rings. The second kappa shape index (κ2) is 8.55. The maximum atomic E-state index is 13.8. The van der Waals surface area contributed by atoms with Crippen LogP contribution in [0.1, 0.15) is 33.7 Å². The molecule has 0 spiro atoms. The van der Waals surface area contributed by atoms with Gasteiger partial charge in [0.15, 0.2) is 6.04 Å². The third kappa shape index (κ3) is 4.09. The van der Waals surface area contributed by atoms with Gasteiger partial charge in [0.25, 0.3) is 5.91 Å². The minimum absolute atomic E-state index is 0.00521. The standard InChI is InChI=1S/C20H18ClF3N4O3S/c1-30-14-7-12(15(31-2)6-11(14)21)27-19(29)10-9-25-28-17(20(22,23)24)8-13(26-18(10)28)16-4-3-5-32-16/h3-7,9,13,17,26H,8H2,1-2H3,(H,27,29)/t13-,17+/m0/s1. The van der Waals surface area contributed by atoms with Gasteiger partial charge < -0.3 is 20.1 Å². The molecule has 0 saturated carbocycles. The van der Waals surface area contributed by atoms with Gasteiger partial charge in [-0.25, -0.2) is 4.68 Å². The zero-order chi connectivity index (χ0) is 23.0. The van der Waals surface area contributed by atoms with E-state index in [-0.39, 0.29) is 34.3 Å². The number of rotatable bonds is 5. The van der Waals surface area contributed by atoms with E-state index < -0.39 is 24.2 Å². The van der Waals surface area contributed by atoms with E-state index in [9.17, 15) is 18.0 Å². The number of alkyl halides is 3. The highest BCUT2D eigenvalue weighted by molar-refractivity contribution is 7.10. The predicted octanol–water partition coefficient (Wildman–Crippen LogP) is 5.53. The maximum absolute atomic E-state index is 13.8. The number of methoxy groups -OCH3 is 2. The van der Waals surface area contributed by atoms with Crippen LogP contribution in [0.2, 0.25) is 5.02 Å². The Balaban J connectivity index is 1.70. The van der Waals surface area contributed by atoms with Crippen LogP contribution in [0.3, 0.4) is 0 Å². The van der Waals surface area contributed by atoms with E-state index in [2.05, 4.69) is 15.7 Å². The average Bonchev–Trinajstić information content (AvgIpc) is 3.43. The van der Waals surface area contributed by atoms with Crippen LogP contribution in [-0.4, -0.2) is 36.1 Å². The fourth-order valence-electron chi connectivity index (χ4n) is 3.55. The van der Waals surface area contributed by atoms with Crippen LogP contribution in [0.4, 0.5) is 24.7 Å². The predicted molar refractivity (Wildman–Crippen MR) is 115 cm³/mol. The first-order valence-corrected chi connectivity index (χ1v) is 10.7. The molecule has 0 unspecified atom stereocenters. The minimum atomic E-state index is -4.53. The SMILES string of the molecule is COc1cc(NC(=O)c2cnn3c2N[C@H](c2cccs2)C[C@@H]3C(F)(F)F)c(OC)cc1Cl. The lowest BCUT2D eigenvalue weighted by Crippen LogP contribution is -2.36. The Morgan fingerprint density at radius 3 is 2.69 bits per heavy atom.